The van der Waals surface area contributed by atoms with Gasteiger partial charge in [0.15, 0.2) is 5.65 Å². The largest absolute Gasteiger partial charge is 0.212 e. The molecule has 7 heteroatoms. The highest BCUT2D eigenvalue weighted by Crippen LogP contribution is 2.26. The van der Waals surface area contributed by atoms with Crippen molar-refractivity contribution in [3.8, 4) is 10.6 Å². The number of hydrogen-bond acceptors (Lipinski definition) is 5. The minimum Gasteiger partial charge on any atom is -0.187 e. The van der Waals surface area contributed by atoms with Gasteiger partial charge in [-0.2, -0.15) is 9.61 Å². The van der Waals surface area contributed by atoms with Gasteiger partial charge in [-0.25, -0.2) is 0 Å². The summed E-state index contributed by atoms with van der Waals surface area (Å²) in [5.74, 6) is 0.770. The summed E-state index contributed by atoms with van der Waals surface area (Å²) in [5, 5.41) is 16.6. The smallest absolute Gasteiger partial charge is 0.187 e. The van der Waals surface area contributed by atoms with E-state index in [0.29, 0.717) is 0 Å². The number of hydrogen-bond donors (Lipinski definition) is 0. The van der Waals surface area contributed by atoms with Crippen molar-refractivity contribution in [3.05, 3.63) is 64.5 Å². The number of halogens is 1. The second-order valence-electron chi connectivity index (χ2n) is 4.87. The van der Waals surface area contributed by atoms with Crippen LogP contribution in [0.2, 0.25) is 5.02 Å². The molecule has 4 rings (SSSR count). The molecule has 0 saturated heterocycles. The molecule has 3 heterocycles. The second-order valence-corrected chi connectivity index (χ2v) is 7.19. The van der Waals surface area contributed by atoms with Gasteiger partial charge in [0.05, 0.1) is 4.88 Å². The van der Waals surface area contributed by atoms with Crippen molar-refractivity contribution in [3.63, 3.8) is 0 Å². The Labute approximate surface area is 146 Å². The van der Waals surface area contributed by atoms with Crippen molar-refractivity contribution < 1.29 is 0 Å². The molecule has 0 aliphatic carbocycles. The van der Waals surface area contributed by atoms with E-state index < -0.39 is 0 Å². The molecule has 1 aromatic carbocycles. The van der Waals surface area contributed by atoms with E-state index >= 15 is 0 Å². The maximum atomic E-state index is 6.02. The van der Waals surface area contributed by atoms with E-state index in [4.69, 9.17) is 11.6 Å². The quantitative estimate of drug-likeness (QED) is 0.491. The third-order valence-corrected chi connectivity index (χ3v) is 5.38. The Morgan fingerprint density at radius 1 is 1.09 bits per heavy atom. The van der Waals surface area contributed by atoms with Gasteiger partial charge in [0.1, 0.15) is 5.69 Å². The minimum atomic E-state index is 0.743. The van der Waals surface area contributed by atoms with E-state index in [2.05, 4.69) is 21.4 Å². The number of benzene rings is 1. The van der Waals surface area contributed by atoms with Crippen LogP contribution in [0, 0.1) is 0 Å². The zero-order valence-electron chi connectivity index (χ0n) is 11.9. The molecule has 0 N–H and O–H groups in total. The molecule has 114 valence electrons. The maximum Gasteiger partial charge on any atom is 0.212 e. The van der Waals surface area contributed by atoms with Gasteiger partial charge in [-0.15, -0.1) is 21.5 Å². The highest BCUT2D eigenvalue weighted by atomic mass is 35.5. The van der Waals surface area contributed by atoms with E-state index in [9.17, 15) is 0 Å². The molecular formula is C16H11ClN4S2. The van der Waals surface area contributed by atoms with Crippen LogP contribution in [0.25, 0.3) is 16.2 Å². The Hall–Kier alpha value is -1.89. The first kappa shape index (κ1) is 14.7. The van der Waals surface area contributed by atoms with Crippen LogP contribution in [0.3, 0.4) is 0 Å². The highest BCUT2D eigenvalue weighted by Gasteiger charge is 2.10. The molecule has 4 aromatic rings. The van der Waals surface area contributed by atoms with Crippen LogP contribution in [0.15, 0.2) is 59.1 Å². The molecule has 0 fully saturated rings. The monoisotopic (exact) mass is 358 g/mol. The number of rotatable bonds is 4. The SMILES string of the molecule is Clc1cccc(CSc2nnc3ccc(-c4cccs4)nn23)c1. The van der Waals surface area contributed by atoms with Gasteiger partial charge < -0.3 is 0 Å². The molecule has 4 nitrogen and oxygen atoms in total. The number of fused-ring (bicyclic) bond motifs is 1. The van der Waals surface area contributed by atoms with Gasteiger partial charge in [-0.1, -0.05) is 41.6 Å². The number of thioether (sulfide) groups is 1. The summed E-state index contributed by atoms with van der Waals surface area (Å²) in [4.78, 5) is 1.13. The Morgan fingerprint density at radius 3 is 2.87 bits per heavy atom. The zero-order valence-corrected chi connectivity index (χ0v) is 14.3. The summed E-state index contributed by atoms with van der Waals surface area (Å²) in [6.07, 6.45) is 0. The maximum absolute atomic E-state index is 6.02. The Kier molecular flexibility index (Phi) is 4.03. The number of aromatic nitrogens is 4. The first-order valence-corrected chi connectivity index (χ1v) is 9.17. The molecule has 0 bridgehead atoms. The lowest BCUT2D eigenvalue weighted by atomic mass is 10.2. The van der Waals surface area contributed by atoms with Gasteiger partial charge in [0, 0.05) is 10.8 Å². The molecule has 0 unspecified atom stereocenters. The molecule has 3 aromatic heterocycles. The first-order chi connectivity index (χ1) is 11.3. The summed E-state index contributed by atoms with van der Waals surface area (Å²) in [6, 6.07) is 15.8. The van der Waals surface area contributed by atoms with E-state index in [-0.39, 0.29) is 0 Å². The van der Waals surface area contributed by atoms with Crippen LogP contribution in [0.5, 0.6) is 0 Å². The van der Waals surface area contributed by atoms with Crippen LogP contribution in [0.4, 0.5) is 0 Å². The lowest BCUT2D eigenvalue weighted by Gasteiger charge is -2.02. The Bertz CT molecular complexity index is 950. The van der Waals surface area contributed by atoms with Crippen molar-refractivity contribution in [1.82, 2.24) is 19.8 Å². The van der Waals surface area contributed by atoms with Gasteiger partial charge in [-0.05, 0) is 41.3 Å². The first-order valence-electron chi connectivity index (χ1n) is 6.93. The third-order valence-electron chi connectivity index (χ3n) is 3.26. The fourth-order valence-electron chi connectivity index (χ4n) is 2.19. The van der Waals surface area contributed by atoms with Crippen molar-refractivity contribution in [2.45, 2.75) is 10.9 Å². The van der Waals surface area contributed by atoms with Gasteiger partial charge in [0.2, 0.25) is 5.16 Å². The molecule has 0 aliphatic heterocycles. The van der Waals surface area contributed by atoms with Crippen LogP contribution in [0.1, 0.15) is 5.56 Å². The molecular weight excluding hydrogens is 348 g/mol. The summed E-state index contributed by atoms with van der Waals surface area (Å²) in [5.41, 5.74) is 2.82. The average molecular weight is 359 g/mol. The van der Waals surface area contributed by atoms with E-state index in [1.165, 1.54) is 0 Å². The molecule has 0 spiro atoms. The molecule has 0 amide bonds. The summed E-state index contributed by atoms with van der Waals surface area (Å²) >= 11 is 9.29. The molecule has 0 aliphatic rings. The van der Waals surface area contributed by atoms with Crippen LogP contribution >= 0.6 is 34.7 Å². The normalized spacial score (nSPS) is 11.2. The summed E-state index contributed by atoms with van der Waals surface area (Å²) in [6.45, 7) is 0. The van der Waals surface area contributed by atoms with Gasteiger partial charge in [0.25, 0.3) is 0 Å². The lowest BCUT2D eigenvalue weighted by molar-refractivity contribution is 0.813. The predicted octanol–water partition coefficient (Wildman–Crippen LogP) is 4.80. The standard InChI is InChI=1S/C16H11ClN4S2/c17-12-4-1-3-11(9-12)10-23-16-19-18-15-7-6-13(20-21(15)16)14-5-2-8-22-14/h1-9H,10H2. The van der Waals surface area contributed by atoms with Gasteiger partial charge in [-0.3, -0.25) is 0 Å². The van der Waals surface area contributed by atoms with Crippen molar-refractivity contribution in [1.29, 1.82) is 0 Å². The van der Waals surface area contributed by atoms with E-state index in [1.54, 1.807) is 27.6 Å². The predicted molar refractivity (Wildman–Crippen MR) is 95.1 cm³/mol. The Morgan fingerprint density at radius 2 is 2.04 bits per heavy atom. The Balaban J connectivity index is 1.63. The molecule has 23 heavy (non-hydrogen) atoms. The second kappa shape index (κ2) is 6.31. The summed E-state index contributed by atoms with van der Waals surface area (Å²) in [7, 11) is 0. The van der Waals surface area contributed by atoms with Crippen molar-refractivity contribution in [2.75, 3.05) is 0 Å². The van der Waals surface area contributed by atoms with Crippen LogP contribution in [-0.2, 0) is 5.75 Å². The topological polar surface area (TPSA) is 43.1 Å². The van der Waals surface area contributed by atoms with Crippen LogP contribution < -0.4 is 0 Å². The minimum absolute atomic E-state index is 0.743. The third kappa shape index (κ3) is 3.10. The van der Waals surface area contributed by atoms with Crippen molar-refractivity contribution in [2.24, 2.45) is 0 Å². The fraction of sp³-hybridized carbons (Fsp3) is 0.0625. The number of thiophene rings is 1. The van der Waals surface area contributed by atoms with Crippen molar-refractivity contribution >= 4 is 40.3 Å². The molecule has 0 atom stereocenters. The fourth-order valence-corrected chi connectivity index (χ4v) is 3.92. The zero-order chi connectivity index (χ0) is 15.6. The summed E-state index contributed by atoms with van der Waals surface area (Å²) < 4.78 is 1.80. The van der Waals surface area contributed by atoms with E-state index in [1.807, 2.05) is 47.8 Å². The van der Waals surface area contributed by atoms with Crippen LogP contribution in [-0.4, -0.2) is 19.8 Å². The highest BCUT2D eigenvalue weighted by molar-refractivity contribution is 7.98. The average Bonchev–Trinajstić information content (AvgIpc) is 3.22. The molecule has 0 radical (unpaired) electrons. The van der Waals surface area contributed by atoms with E-state index in [0.717, 1.165) is 37.7 Å². The molecule has 0 saturated carbocycles. The van der Waals surface area contributed by atoms with Gasteiger partial charge >= 0.3 is 0 Å². The lowest BCUT2D eigenvalue weighted by Crippen LogP contribution is -1.95. The number of nitrogens with zero attached hydrogens (tertiary/aromatic N) is 4.